The van der Waals surface area contributed by atoms with Crippen LogP contribution in [0.1, 0.15) is 30.0 Å². The number of amides is 1. The molecule has 5 heteroatoms. The van der Waals surface area contributed by atoms with E-state index >= 15 is 0 Å². The summed E-state index contributed by atoms with van der Waals surface area (Å²) in [6.45, 7) is 1.04. The van der Waals surface area contributed by atoms with Crippen molar-refractivity contribution in [1.82, 2.24) is 10.2 Å². The number of carbonyl (C=O) groups excluding carboxylic acids is 1. The minimum absolute atomic E-state index is 0.0762. The van der Waals surface area contributed by atoms with E-state index in [0.717, 1.165) is 18.5 Å². The Balaban J connectivity index is 1.76. The lowest BCUT2D eigenvalue weighted by Gasteiger charge is -2.36. The van der Waals surface area contributed by atoms with Gasteiger partial charge in [-0.3, -0.25) is 4.79 Å². The van der Waals surface area contributed by atoms with Gasteiger partial charge in [0.2, 0.25) is 5.91 Å². The molecule has 3 rings (SSSR count). The summed E-state index contributed by atoms with van der Waals surface area (Å²) in [5.41, 5.74) is 2.16. The maximum absolute atomic E-state index is 13.2. The van der Waals surface area contributed by atoms with E-state index in [1.807, 2.05) is 24.3 Å². The summed E-state index contributed by atoms with van der Waals surface area (Å²) < 4.78 is 26.3. The van der Waals surface area contributed by atoms with Crippen molar-refractivity contribution < 1.29 is 13.6 Å². The number of hydrogen-bond acceptors (Lipinski definition) is 2. The lowest BCUT2D eigenvalue weighted by Crippen LogP contribution is -2.48. The van der Waals surface area contributed by atoms with E-state index in [9.17, 15) is 13.6 Å². The Hall–Kier alpha value is -1.49. The van der Waals surface area contributed by atoms with Crippen molar-refractivity contribution in [3.8, 4) is 0 Å². The number of nitrogens with zero attached hydrogens (tertiary/aromatic N) is 1. The van der Waals surface area contributed by atoms with Gasteiger partial charge in [0, 0.05) is 32.5 Å². The van der Waals surface area contributed by atoms with Crippen LogP contribution in [0.25, 0.3) is 0 Å². The third-order valence-electron chi connectivity index (χ3n) is 4.16. The highest BCUT2D eigenvalue weighted by Crippen LogP contribution is 2.30. The molecule has 1 amide bonds. The van der Waals surface area contributed by atoms with Gasteiger partial charge in [-0.2, -0.15) is 0 Å². The van der Waals surface area contributed by atoms with Crippen LogP contribution in [-0.4, -0.2) is 36.4 Å². The van der Waals surface area contributed by atoms with Crippen LogP contribution in [0, 0.1) is 0 Å². The number of halogens is 2. The maximum Gasteiger partial charge on any atom is 0.251 e. The molecule has 1 saturated heterocycles. The van der Waals surface area contributed by atoms with Crippen LogP contribution in [0.4, 0.5) is 8.78 Å². The first-order chi connectivity index (χ1) is 9.57. The van der Waals surface area contributed by atoms with Crippen molar-refractivity contribution in [3.63, 3.8) is 0 Å². The molecule has 1 atom stereocenters. The smallest absolute Gasteiger partial charge is 0.251 e. The first-order valence-electron chi connectivity index (χ1n) is 7.05. The molecule has 1 unspecified atom stereocenters. The van der Waals surface area contributed by atoms with Crippen LogP contribution < -0.4 is 5.32 Å². The summed E-state index contributed by atoms with van der Waals surface area (Å²) in [5, 5.41) is 3.21. The van der Waals surface area contributed by atoms with E-state index in [2.05, 4.69) is 5.32 Å². The van der Waals surface area contributed by atoms with Gasteiger partial charge < -0.3 is 10.2 Å². The zero-order chi connectivity index (χ0) is 14.2. The SMILES string of the molecule is O=C(C1NCCc2ccccc21)N1CCC(F)(F)CC1. The van der Waals surface area contributed by atoms with E-state index in [-0.39, 0.29) is 37.9 Å². The summed E-state index contributed by atoms with van der Waals surface area (Å²) in [5.74, 6) is -2.69. The highest BCUT2D eigenvalue weighted by atomic mass is 19.3. The van der Waals surface area contributed by atoms with Crippen LogP contribution in [0.5, 0.6) is 0 Å². The molecule has 0 aliphatic carbocycles. The second kappa shape index (κ2) is 5.13. The number of carbonyl (C=O) groups is 1. The molecule has 0 saturated carbocycles. The summed E-state index contributed by atoms with van der Waals surface area (Å²) >= 11 is 0. The molecule has 20 heavy (non-hydrogen) atoms. The molecule has 108 valence electrons. The van der Waals surface area contributed by atoms with Crippen molar-refractivity contribution in [3.05, 3.63) is 35.4 Å². The molecule has 0 aromatic heterocycles. The Kier molecular flexibility index (Phi) is 3.46. The highest BCUT2D eigenvalue weighted by Gasteiger charge is 2.38. The van der Waals surface area contributed by atoms with Gasteiger partial charge in [0.25, 0.3) is 5.92 Å². The molecule has 1 aromatic carbocycles. The van der Waals surface area contributed by atoms with E-state index < -0.39 is 5.92 Å². The number of nitrogens with one attached hydrogen (secondary N) is 1. The first-order valence-corrected chi connectivity index (χ1v) is 7.05. The number of alkyl halides is 2. The summed E-state index contributed by atoms with van der Waals surface area (Å²) in [6.07, 6.45) is 0.443. The molecular weight excluding hydrogens is 262 g/mol. The van der Waals surface area contributed by atoms with Crippen molar-refractivity contribution in [2.24, 2.45) is 0 Å². The number of likely N-dealkylation sites (tertiary alicyclic amines) is 1. The minimum Gasteiger partial charge on any atom is -0.341 e. The third-order valence-corrected chi connectivity index (χ3v) is 4.16. The van der Waals surface area contributed by atoms with Gasteiger partial charge in [-0.05, 0) is 17.5 Å². The first kappa shape index (κ1) is 13.5. The molecule has 1 fully saturated rings. The third kappa shape index (κ3) is 2.54. The minimum atomic E-state index is -2.62. The second-order valence-electron chi connectivity index (χ2n) is 5.52. The normalized spacial score (nSPS) is 25.1. The Morgan fingerprint density at radius 2 is 1.95 bits per heavy atom. The predicted octanol–water partition coefficient (Wildman–Crippen LogP) is 2.13. The Morgan fingerprint density at radius 3 is 2.70 bits per heavy atom. The summed E-state index contributed by atoms with van der Waals surface area (Å²) in [4.78, 5) is 14.1. The van der Waals surface area contributed by atoms with E-state index in [4.69, 9.17) is 0 Å². The molecule has 0 spiro atoms. The number of piperidine rings is 1. The van der Waals surface area contributed by atoms with E-state index in [1.165, 1.54) is 5.56 Å². The van der Waals surface area contributed by atoms with Gasteiger partial charge in [-0.15, -0.1) is 0 Å². The molecule has 0 bridgehead atoms. The van der Waals surface area contributed by atoms with Crippen LogP contribution in [0.2, 0.25) is 0 Å². The molecule has 0 radical (unpaired) electrons. The van der Waals surface area contributed by atoms with Crippen LogP contribution in [0.3, 0.4) is 0 Å². The number of rotatable bonds is 1. The molecule has 1 N–H and O–H groups in total. The number of fused-ring (bicyclic) bond motifs is 1. The Labute approximate surface area is 117 Å². The largest absolute Gasteiger partial charge is 0.341 e. The lowest BCUT2D eigenvalue weighted by molar-refractivity contribution is -0.139. The fourth-order valence-corrected chi connectivity index (χ4v) is 2.96. The van der Waals surface area contributed by atoms with Crippen LogP contribution in [0.15, 0.2) is 24.3 Å². The van der Waals surface area contributed by atoms with Crippen molar-refractivity contribution >= 4 is 5.91 Å². The topological polar surface area (TPSA) is 32.3 Å². The quantitative estimate of drug-likeness (QED) is 0.854. The van der Waals surface area contributed by atoms with Gasteiger partial charge in [-0.1, -0.05) is 24.3 Å². The molecule has 2 aliphatic heterocycles. The fourth-order valence-electron chi connectivity index (χ4n) is 2.96. The van der Waals surface area contributed by atoms with E-state index in [0.29, 0.717) is 0 Å². The monoisotopic (exact) mass is 280 g/mol. The Morgan fingerprint density at radius 1 is 1.25 bits per heavy atom. The zero-order valence-corrected chi connectivity index (χ0v) is 11.2. The summed E-state index contributed by atoms with van der Waals surface area (Å²) in [6, 6.07) is 7.47. The average Bonchev–Trinajstić information content (AvgIpc) is 2.46. The maximum atomic E-state index is 13.2. The Bertz CT molecular complexity index is 508. The second-order valence-corrected chi connectivity index (χ2v) is 5.52. The van der Waals surface area contributed by atoms with Gasteiger partial charge in [0.15, 0.2) is 0 Å². The fraction of sp³-hybridized carbons (Fsp3) is 0.533. The van der Waals surface area contributed by atoms with Gasteiger partial charge >= 0.3 is 0 Å². The van der Waals surface area contributed by atoms with Crippen LogP contribution >= 0.6 is 0 Å². The van der Waals surface area contributed by atoms with Gasteiger partial charge in [-0.25, -0.2) is 8.78 Å². The van der Waals surface area contributed by atoms with Crippen molar-refractivity contribution in [1.29, 1.82) is 0 Å². The molecule has 3 nitrogen and oxygen atoms in total. The molecular formula is C15H18F2N2O. The van der Waals surface area contributed by atoms with Gasteiger partial charge in [0.05, 0.1) is 0 Å². The molecule has 2 aliphatic rings. The highest BCUT2D eigenvalue weighted by molar-refractivity contribution is 5.84. The van der Waals surface area contributed by atoms with Crippen molar-refractivity contribution in [2.45, 2.75) is 31.2 Å². The summed E-state index contributed by atoms with van der Waals surface area (Å²) in [7, 11) is 0. The number of benzene rings is 1. The average molecular weight is 280 g/mol. The predicted molar refractivity (Wildman–Crippen MR) is 71.7 cm³/mol. The number of hydrogen-bond donors (Lipinski definition) is 1. The zero-order valence-electron chi connectivity index (χ0n) is 11.2. The van der Waals surface area contributed by atoms with E-state index in [1.54, 1.807) is 4.90 Å². The molecule has 2 heterocycles. The standard InChI is InChI=1S/C15H18F2N2O/c16-15(17)6-9-19(10-7-15)14(20)13-12-4-2-1-3-11(12)5-8-18-13/h1-4,13,18H,5-10H2. The molecule has 1 aromatic rings. The van der Waals surface area contributed by atoms with Crippen molar-refractivity contribution in [2.75, 3.05) is 19.6 Å². The van der Waals surface area contributed by atoms with Gasteiger partial charge in [0.1, 0.15) is 6.04 Å². The van der Waals surface area contributed by atoms with Crippen LogP contribution in [-0.2, 0) is 11.2 Å². The lowest BCUT2D eigenvalue weighted by atomic mass is 9.93.